The number of rotatable bonds is 3. The first-order chi connectivity index (χ1) is 10.7. The molecule has 3 aliphatic rings. The molecule has 0 bridgehead atoms. The van der Waals surface area contributed by atoms with Gasteiger partial charge in [-0.1, -0.05) is 12.2 Å². The Morgan fingerprint density at radius 1 is 1.23 bits per heavy atom. The highest BCUT2D eigenvalue weighted by molar-refractivity contribution is 5.91. The average molecular weight is 299 g/mol. The van der Waals surface area contributed by atoms with Gasteiger partial charge in [-0.3, -0.25) is 4.79 Å². The van der Waals surface area contributed by atoms with Crippen LogP contribution in [0.25, 0.3) is 0 Å². The van der Waals surface area contributed by atoms with Gasteiger partial charge in [0.15, 0.2) is 11.5 Å². The zero-order valence-corrected chi connectivity index (χ0v) is 12.6. The van der Waals surface area contributed by atoms with Crippen LogP contribution in [0.3, 0.4) is 0 Å². The Morgan fingerprint density at radius 2 is 2.05 bits per heavy atom. The number of amides is 1. The number of benzene rings is 1. The predicted octanol–water partition coefficient (Wildman–Crippen LogP) is 4.02. The fraction of sp³-hybridized carbons (Fsp3) is 0.500. The zero-order chi connectivity index (χ0) is 15.0. The van der Waals surface area contributed by atoms with Crippen molar-refractivity contribution in [2.75, 3.05) is 5.32 Å². The minimum atomic E-state index is -0.445. The number of hydrogen-bond acceptors (Lipinski definition) is 3. The molecule has 4 nitrogen and oxygen atoms in total. The van der Waals surface area contributed by atoms with Gasteiger partial charge in [-0.05, 0) is 43.7 Å². The normalized spacial score (nSPS) is 24.1. The van der Waals surface area contributed by atoms with Crippen LogP contribution in [0.15, 0.2) is 30.4 Å². The molecule has 1 atom stereocenters. The number of carbonyl (C=O) groups excluding carboxylic acids is 1. The first-order valence-corrected chi connectivity index (χ1v) is 8.21. The molecule has 1 saturated carbocycles. The third-order valence-corrected chi connectivity index (χ3v) is 4.74. The lowest BCUT2D eigenvalue weighted by atomic mass is 10.1. The SMILES string of the molecule is O=C(CC1C=CCC1)Nc1ccc2c(c1)OC1(CCCC1)O2. The fourth-order valence-corrected chi connectivity index (χ4v) is 3.60. The van der Waals surface area contributed by atoms with Crippen LogP contribution in [0.1, 0.15) is 44.9 Å². The highest BCUT2D eigenvalue weighted by atomic mass is 16.7. The van der Waals surface area contributed by atoms with Crippen LogP contribution in [0.4, 0.5) is 5.69 Å². The minimum Gasteiger partial charge on any atom is -0.448 e. The van der Waals surface area contributed by atoms with Crippen molar-refractivity contribution in [1.82, 2.24) is 0 Å². The number of ether oxygens (including phenoxy) is 2. The second-order valence-electron chi connectivity index (χ2n) is 6.50. The summed E-state index contributed by atoms with van der Waals surface area (Å²) in [6.45, 7) is 0. The van der Waals surface area contributed by atoms with Crippen molar-refractivity contribution in [3.05, 3.63) is 30.4 Å². The lowest BCUT2D eigenvalue weighted by molar-refractivity contribution is -0.116. The molecule has 4 heteroatoms. The summed E-state index contributed by atoms with van der Waals surface area (Å²) in [4.78, 5) is 12.1. The van der Waals surface area contributed by atoms with Crippen LogP contribution >= 0.6 is 0 Å². The summed E-state index contributed by atoms with van der Waals surface area (Å²) in [6.07, 6.45) is 11.2. The number of nitrogens with one attached hydrogen (secondary N) is 1. The van der Waals surface area contributed by atoms with E-state index in [1.165, 1.54) is 0 Å². The van der Waals surface area contributed by atoms with Crippen molar-refractivity contribution < 1.29 is 14.3 Å². The summed E-state index contributed by atoms with van der Waals surface area (Å²) >= 11 is 0. The first-order valence-electron chi connectivity index (χ1n) is 8.21. The summed E-state index contributed by atoms with van der Waals surface area (Å²) in [7, 11) is 0. The zero-order valence-electron chi connectivity index (χ0n) is 12.6. The lowest BCUT2D eigenvalue weighted by Crippen LogP contribution is -2.34. The third kappa shape index (κ3) is 2.58. The molecular formula is C18H21NO3. The second kappa shape index (κ2) is 5.34. The molecule has 1 aliphatic heterocycles. The molecule has 116 valence electrons. The van der Waals surface area contributed by atoms with E-state index >= 15 is 0 Å². The first kappa shape index (κ1) is 13.7. The number of allylic oxidation sites excluding steroid dienone is 2. The Balaban J connectivity index is 1.42. The summed E-state index contributed by atoms with van der Waals surface area (Å²) in [6, 6.07) is 5.66. The van der Waals surface area contributed by atoms with Gasteiger partial charge >= 0.3 is 0 Å². The van der Waals surface area contributed by atoms with E-state index < -0.39 is 5.79 Å². The van der Waals surface area contributed by atoms with Crippen molar-refractivity contribution >= 4 is 11.6 Å². The summed E-state index contributed by atoms with van der Waals surface area (Å²) < 4.78 is 12.0. The maximum atomic E-state index is 12.1. The molecule has 22 heavy (non-hydrogen) atoms. The van der Waals surface area contributed by atoms with Gasteiger partial charge in [0.1, 0.15) is 0 Å². The van der Waals surface area contributed by atoms with E-state index in [0.717, 1.165) is 55.7 Å². The number of hydrogen-bond donors (Lipinski definition) is 1. The van der Waals surface area contributed by atoms with Crippen LogP contribution in [-0.4, -0.2) is 11.7 Å². The standard InChI is InChI=1S/C18H21NO3/c20-17(11-13-5-1-2-6-13)19-14-7-8-15-16(12-14)22-18(21-15)9-3-4-10-18/h1,5,7-8,12-13H,2-4,6,9-11H2,(H,19,20). The largest absolute Gasteiger partial charge is 0.448 e. The van der Waals surface area contributed by atoms with Gasteiger partial charge in [-0.15, -0.1) is 0 Å². The van der Waals surface area contributed by atoms with E-state index in [4.69, 9.17) is 9.47 Å². The van der Waals surface area contributed by atoms with Crippen molar-refractivity contribution in [2.45, 2.75) is 50.7 Å². The Hall–Kier alpha value is -1.97. The Bertz CT molecular complexity index is 617. The molecule has 1 aromatic carbocycles. The molecule has 0 radical (unpaired) electrons. The molecule has 2 aliphatic carbocycles. The molecular weight excluding hydrogens is 278 g/mol. The molecule has 1 spiro atoms. The molecule has 1 heterocycles. The maximum Gasteiger partial charge on any atom is 0.251 e. The van der Waals surface area contributed by atoms with Gasteiger partial charge in [0.25, 0.3) is 5.79 Å². The van der Waals surface area contributed by atoms with Gasteiger partial charge in [0.05, 0.1) is 0 Å². The Morgan fingerprint density at radius 3 is 2.82 bits per heavy atom. The molecule has 1 unspecified atom stereocenters. The fourth-order valence-electron chi connectivity index (χ4n) is 3.60. The highest BCUT2D eigenvalue weighted by Crippen LogP contribution is 2.47. The monoisotopic (exact) mass is 299 g/mol. The molecule has 4 rings (SSSR count). The second-order valence-corrected chi connectivity index (χ2v) is 6.50. The minimum absolute atomic E-state index is 0.0611. The van der Waals surface area contributed by atoms with Gasteiger partial charge in [0.2, 0.25) is 5.91 Å². The van der Waals surface area contributed by atoms with E-state index in [2.05, 4.69) is 17.5 Å². The van der Waals surface area contributed by atoms with Gasteiger partial charge in [0, 0.05) is 31.0 Å². The molecule has 1 N–H and O–H groups in total. The quantitative estimate of drug-likeness (QED) is 0.857. The summed E-state index contributed by atoms with van der Waals surface area (Å²) in [5.41, 5.74) is 0.782. The molecule has 0 aromatic heterocycles. The molecule has 0 saturated heterocycles. The number of fused-ring (bicyclic) bond motifs is 1. The van der Waals surface area contributed by atoms with Crippen LogP contribution in [-0.2, 0) is 4.79 Å². The van der Waals surface area contributed by atoms with Crippen molar-refractivity contribution in [2.24, 2.45) is 5.92 Å². The van der Waals surface area contributed by atoms with Crippen molar-refractivity contribution in [3.8, 4) is 11.5 Å². The molecule has 1 amide bonds. The van der Waals surface area contributed by atoms with Gasteiger partial charge < -0.3 is 14.8 Å². The Kier molecular flexibility index (Phi) is 3.32. The number of anilines is 1. The van der Waals surface area contributed by atoms with Gasteiger partial charge in [-0.2, -0.15) is 0 Å². The van der Waals surface area contributed by atoms with Crippen LogP contribution in [0, 0.1) is 5.92 Å². The topological polar surface area (TPSA) is 47.6 Å². The van der Waals surface area contributed by atoms with E-state index in [-0.39, 0.29) is 5.91 Å². The molecule has 1 fully saturated rings. The average Bonchev–Trinajstić information content (AvgIpc) is 3.20. The summed E-state index contributed by atoms with van der Waals surface area (Å²) in [5.74, 6) is 1.54. The van der Waals surface area contributed by atoms with E-state index in [1.807, 2.05) is 18.2 Å². The number of carbonyl (C=O) groups is 1. The predicted molar refractivity (Wildman–Crippen MR) is 84.0 cm³/mol. The smallest absolute Gasteiger partial charge is 0.251 e. The lowest BCUT2D eigenvalue weighted by Gasteiger charge is -2.21. The van der Waals surface area contributed by atoms with Gasteiger partial charge in [-0.25, -0.2) is 0 Å². The molecule has 1 aromatic rings. The third-order valence-electron chi connectivity index (χ3n) is 4.74. The van der Waals surface area contributed by atoms with Crippen LogP contribution in [0.5, 0.6) is 11.5 Å². The summed E-state index contributed by atoms with van der Waals surface area (Å²) in [5, 5.41) is 2.97. The van der Waals surface area contributed by atoms with E-state index in [1.54, 1.807) is 0 Å². The maximum absolute atomic E-state index is 12.1. The van der Waals surface area contributed by atoms with Crippen LogP contribution < -0.4 is 14.8 Å². The van der Waals surface area contributed by atoms with Crippen molar-refractivity contribution in [1.29, 1.82) is 0 Å². The van der Waals surface area contributed by atoms with Crippen LogP contribution in [0.2, 0.25) is 0 Å². The highest BCUT2D eigenvalue weighted by Gasteiger charge is 2.44. The van der Waals surface area contributed by atoms with E-state index in [9.17, 15) is 4.79 Å². The van der Waals surface area contributed by atoms with Crippen molar-refractivity contribution in [3.63, 3.8) is 0 Å². The Labute approximate surface area is 130 Å². The van der Waals surface area contributed by atoms with E-state index in [0.29, 0.717) is 12.3 Å².